The van der Waals surface area contributed by atoms with E-state index in [2.05, 4.69) is 82.8 Å². The Labute approximate surface area is 202 Å². The molecule has 2 aliphatic heterocycles. The molecular formula is C28H25FN4S. The number of piperazine rings is 1. The van der Waals surface area contributed by atoms with E-state index in [4.69, 9.17) is 4.99 Å². The molecule has 0 spiro atoms. The highest BCUT2D eigenvalue weighted by Crippen LogP contribution is 2.43. The lowest BCUT2D eigenvalue weighted by atomic mass is 10.1. The summed E-state index contributed by atoms with van der Waals surface area (Å²) in [5.74, 6) is 0.683. The predicted molar refractivity (Wildman–Crippen MR) is 140 cm³/mol. The van der Waals surface area contributed by atoms with Gasteiger partial charge in [0.05, 0.1) is 23.5 Å². The summed E-state index contributed by atoms with van der Waals surface area (Å²) in [5, 5.41) is 5.67. The van der Waals surface area contributed by atoms with E-state index in [9.17, 15) is 4.39 Å². The van der Waals surface area contributed by atoms with Gasteiger partial charge in [0, 0.05) is 35.9 Å². The molecule has 0 unspecified atom stereocenters. The molecule has 170 valence electrons. The number of fused-ring (bicyclic) bond motifs is 4. The van der Waals surface area contributed by atoms with Crippen molar-refractivity contribution in [2.45, 2.75) is 6.42 Å². The number of rotatable bonds is 2. The molecule has 1 aromatic heterocycles. The zero-order chi connectivity index (χ0) is 23.1. The van der Waals surface area contributed by atoms with Crippen molar-refractivity contribution < 1.29 is 4.39 Å². The highest BCUT2D eigenvalue weighted by atomic mass is 32.1. The van der Waals surface area contributed by atoms with Gasteiger partial charge < -0.3 is 15.1 Å². The number of likely N-dealkylation sites (N-methyl/N-ethyl adjacent to an activating group) is 1. The van der Waals surface area contributed by atoms with Crippen molar-refractivity contribution in [2.24, 2.45) is 4.99 Å². The van der Waals surface area contributed by atoms with Crippen molar-refractivity contribution in [3.8, 4) is 0 Å². The molecule has 1 N–H and O–H groups in total. The molecule has 3 aromatic carbocycles. The Kier molecular flexibility index (Phi) is 5.30. The molecule has 0 amide bonds. The van der Waals surface area contributed by atoms with E-state index >= 15 is 0 Å². The lowest BCUT2D eigenvalue weighted by Crippen LogP contribution is -2.46. The number of hydrogen-bond acceptors (Lipinski definition) is 5. The maximum absolute atomic E-state index is 14.1. The highest BCUT2D eigenvalue weighted by molar-refractivity contribution is 7.23. The maximum atomic E-state index is 14.1. The Morgan fingerprint density at radius 1 is 1.03 bits per heavy atom. The average molecular weight is 469 g/mol. The SMILES string of the molecule is CN1CCN(C2=Nc3ccc(F)cc3Nc3sc4ccccc4c32)C/C1=C\Cc1ccccc1. The van der Waals surface area contributed by atoms with Crippen LogP contribution in [-0.4, -0.2) is 42.3 Å². The lowest BCUT2D eigenvalue weighted by Gasteiger charge is -2.38. The van der Waals surface area contributed by atoms with E-state index in [1.165, 1.54) is 33.5 Å². The number of allylic oxidation sites excluding steroid dienone is 1. The smallest absolute Gasteiger partial charge is 0.140 e. The van der Waals surface area contributed by atoms with E-state index in [-0.39, 0.29) is 5.82 Å². The lowest BCUT2D eigenvalue weighted by molar-refractivity contribution is 0.270. The van der Waals surface area contributed by atoms with Crippen LogP contribution in [-0.2, 0) is 6.42 Å². The van der Waals surface area contributed by atoms with E-state index in [0.29, 0.717) is 5.69 Å². The second kappa shape index (κ2) is 8.61. The quantitative estimate of drug-likeness (QED) is 0.362. The zero-order valence-electron chi connectivity index (χ0n) is 19.0. The predicted octanol–water partition coefficient (Wildman–Crippen LogP) is 6.55. The van der Waals surface area contributed by atoms with Gasteiger partial charge in [-0.25, -0.2) is 9.38 Å². The third kappa shape index (κ3) is 3.84. The van der Waals surface area contributed by atoms with Gasteiger partial charge in [0.25, 0.3) is 0 Å². The second-order valence-corrected chi connectivity index (χ2v) is 9.80. The standard InChI is InChI=1S/C28H25FN4S/c1-32-15-16-33(18-21(32)13-11-19-7-3-2-4-8-19)27-26-22-9-5-6-10-25(22)34-28(26)31-24-17-20(29)12-14-23(24)30-27/h2-10,12-14,17,31H,11,15-16,18H2,1H3/b21-13+. The molecular weight excluding hydrogens is 443 g/mol. The summed E-state index contributed by atoms with van der Waals surface area (Å²) in [5.41, 5.74) is 5.16. The van der Waals surface area contributed by atoms with Gasteiger partial charge in [-0.05, 0) is 36.2 Å². The third-order valence-corrected chi connectivity index (χ3v) is 7.60. The van der Waals surface area contributed by atoms with Gasteiger partial charge in [-0.15, -0.1) is 11.3 Å². The number of aliphatic imine (C=N–C) groups is 1. The number of benzene rings is 3. The normalized spacial score (nSPS) is 16.6. The molecule has 0 saturated carbocycles. The third-order valence-electron chi connectivity index (χ3n) is 6.52. The average Bonchev–Trinajstić information content (AvgIpc) is 3.13. The first-order valence-electron chi connectivity index (χ1n) is 11.5. The fraction of sp³-hybridized carbons (Fsp3) is 0.179. The van der Waals surface area contributed by atoms with Gasteiger partial charge in [-0.1, -0.05) is 54.6 Å². The number of anilines is 2. The zero-order valence-corrected chi connectivity index (χ0v) is 19.8. The summed E-state index contributed by atoms with van der Waals surface area (Å²) >= 11 is 1.69. The minimum absolute atomic E-state index is 0.265. The Morgan fingerprint density at radius 3 is 2.74 bits per heavy atom. The molecule has 2 aliphatic rings. The first-order valence-corrected chi connectivity index (χ1v) is 12.3. The van der Waals surface area contributed by atoms with Crippen LogP contribution in [0.2, 0.25) is 0 Å². The molecule has 4 aromatic rings. The Morgan fingerprint density at radius 2 is 1.85 bits per heavy atom. The summed E-state index contributed by atoms with van der Waals surface area (Å²) in [6, 6.07) is 23.7. The second-order valence-electron chi connectivity index (χ2n) is 8.75. The van der Waals surface area contributed by atoms with Crippen molar-refractivity contribution in [3.05, 3.63) is 102 Å². The fourth-order valence-corrected chi connectivity index (χ4v) is 5.75. The largest absolute Gasteiger partial charge is 0.375 e. The van der Waals surface area contributed by atoms with E-state index in [1.54, 1.807) is 17.4 Å². The van der Waals surface area contributed by atoms with Crippen LogP contribution < -0.4 is 5.32 Å². The minimum atomic E-state index is -0.265. The summed E-state index contributed by atoms with van der Waals surface area (Å²) in [6.07, 6.45) is 3.23. The van der Waals surface area contributed by atoms with Gasteiger partial charge in [-0.3, -0.25) is 0 Å². The van der Waals surface area contributed by atoms with Crippen molar-refractivity contribution in [2.75, 3.05) is 32.0 Å². The van der Waals surface area contributed by atoms with Crippen LogP contribution in [0.5, 0.6) is 0 Å². The van der Waals surface area contributed by atoms with Gasteiger partial charge in [0.1, 0.15) is 16.7 Å². The molecule has 34 heavy (non-hydrogen) atoms. The topological polar surface area (TPSA) is 30.9 Å². The molecule has 6 heteroatoms. The summed E-state index contributed by atoms with van der Waals surface area (Å²) in [4.78, 5) is 9.83. The van der Waals surface area contributed by atoms with Crippen molar-refractivity contribution in [3.63, 3.8) is 0 Å². The fourth-order valence-electron chi connectivity index (χ4n) is 4.64. The number of hydrogen-bond donors (Lipinski definition) is 1. The first-order chi connectivity index (χ1) is 16.7. The minimum Gasteiger partial charge on any atom is -0.375 e. The Bertz CT molecular complexity index is 1420. The Balaban J connectivity index is 1.42. The van der Waals surface area contributed by atoms with Crippen molar-refractivity contribution >= 4 is 43.6 Å². The maximum Gasteiger partial charge on any atom is 0.140 e. The van der Waals surface area contributed by atoms with Gasteiger partial charge in [0.15, 0.2) is 0 Å². The Hall–Kier alpha value is -3.64. The first kappa shape index (κ1) is 20.9. The van der Waals surface area contributed by atoms with E-state index < -0.39 is 0 Å². The number of nitrogens with one attached hydrogen (secondary N) is 1. The van der Waals surface area contributed by atoms with Crippen LogP contribution in [0.15, 0.2) is 89.6 Å². The monoisotopic (exact) mass is 468 g/mol. The number of nitrogens with zero attached hydrogens (tertiary/aromatic N) is 3. The number of halogens is 1. The molecule has 0 aliphatic carbocycles. The van der Waals surface area contributed by atoms with Gasteiger partial charge >= 0.3 is 0 Å². The van der Waals surface area contributed by atoms with Crippen LogP contribution in [0.4, 0.5) is 20.8 Å². The van der Waals surface area contributed by atoms with Crippen LogP contribution >= 0.6 is 11.3 Å². The summed E-state index contributed by atoms with van der Waals surface area (Å²) in [6.45, 7) is 2.57. The number of amidine groups is 1. The van der Waals surface area contributed by atoms with Crippen LogP contribution in [0.1, 0.15) is 11.1 Å². The van der Waals surface area contributed by atoms with Crippen LogP contribution in [0, 0.1) is 5.82 Å². The molecule has 0 atom stereocenters. The molecule has 3 heterocycles. The van der Waals surface area contributed by atoms with Gasteiger partial charge in [0.2, 0.25) is 0 Å². The van der Waals surface area contributed by atoms with Crippen molar-refractivity contribution in [1.82, 2.24) is 9.80 Å². The molecule has 1 saturated heterocycles. The molecule has 1 fully saturated rings. The molecule has 0 bridgehead atoms. The van der Waals surface area contributed by atoms with E-state index in [1.807, 2.05) is 0 Å². The summed E-state index contributed by atoms with van der Waals surface area (Å²) < 4.78 is 15.3. The highest BCUT2D eigenvalue weighted by Gasteiger charge is 2.29. The van der Waals surface area contributed by atoms with E-state index in [0.717, 1.165) is 48.1 Å². The molecule has 0 radical (unpaired) electrons. The van der Waals surface area contributed by atoms with Crippen LogP contribution in [0.25, 0.3) is 10.1 Å². The molecule has 6 rings (SSSR count). The number of thiophene rings is 1. The van der Waals surface area contributed by atoms with Crippen LogP contribution in [0.3, 0.4) is 0 Å². The summed E-state index contributed by atoms with van der Waals surface area (Å²) in [7, 11) is 2.16. The molecule has 4 nitrogen and oxygen atoms in total. The van der Waals surface area contributed by atoms with Crippen molar-refractivity contribution in [1.29, 1.82) is 0 Å². The van der Waals surface area contributed by atoms with Gasteiger partial charge in [-0.2, -0.15) is 0 Å².